The topological polar surface area (TPSA) is 38.9 Å². The maximum Gasteiger partial charge on any atom is 0.227 e. The summed E-state index contributed by atoms with van der Waals surface area (Å²) < 4.78 is 19.8. The molecular weight excluding hydrogens is 291 g/mol. The SMILES string of the molecule is CC(C)c1cc(-c2cccc3c2oc2ncccc23)ncc1F. The highest BCUT2D eigenvalue weighted by atomic mass is 19.1. The molecular formula is C19H15FN2O. The Morgan fingerprint density at radius 2 is 1.87 bits per heavy atom. The Morgan fingerprint density at radius 1 is 1.04 bits per heavy atom. The molecule has 3 heterocycles. The molecule has 0 aliphatic heterocycles. The van der Waals surface area contributed by atoms with Gasteiger partial charge in [-0.05, 0) is 35.7 Å². The van der Waals surface area contributed by atoms with Gasteiger partial charge in [0, 0.05) is 22.5 Å². The van der Waals surface area contributed by atoms with Crippen molar-refractivity contribution in [2.75, 3.05) is 0 Å². The van der Waals surface area contributed by atoms with Crippen molar-refractivity contribution in [3.63, 3.8) is 0 Å². The van der Waals surface area contributed by atoms with Crippen LogP contribution in [0.15, 0.2) is 53.2 Å². The number of pyridine rings is 2. The highest BCUT2D eigenvalue weighted by molar-refractivity contribution is 6.08. The molecule has 3 aromatic heterocycles. The van der Waals surface area contributed by atoms with Gasteiger partial charge in [0.15, 0.2) is 0 Å². The molecule has 0 atom stereocenters. The zero-order valence-corrected chi connectivity index (χ0v) is 12.9. The van der Waals surface area contributed by atoms with Crippen LogP contribution in [0.2, 0.25) is 0 Å². The third-order valence-corrected chi connectivity index (χ3v) is 4.06. The molecule has 0 radical (unpaired) electrons. The standard InChI is InChI=1S/C19H15FN2O/c1-11(2)15-9-17(22-10-16(15)20)14-6-3-5-12-13-7-4-8-21-19(13)23-18(12)14/h3-11H,1-2H3. The fourth-order valence-corrected chi connectivity index (χ4v) is 2.88. The predicted octanol–water partition coefficient (Wildman–Crippen LogP) is 5.31. The smallest absolute Gasteiger partial charge is 0.227 e. The maximum atomic E-state index is 13.9. The van der Waals surface area contributed by atoms with Crippen LogP contribution >= 0.6 is 0 Å². The number of benzene rings is 1. The zero-order valence-electron chi connectivity index (χ0n) is 12.9. The third kappa shape index (κ3) is 2.18. The van der Waals surface area contributed by atoms with E-state index in [2.05, 4.69) is 9.97 Å². The molecule has 0 aliphatic rings. The number of aromatic nitrogens is 2. The van der Waals surface area contributed by atoms with Crippen LogP contribution < -0.4 is 0 Å². The van der Waals surface area contributed by atoms with Crippen LogP contribution in [-0.4, -0.2) is 9.97 Å². The van der Waals surface area contributed by atoms with Gasteiger partial charge in [0.1, 0.15) is 11.4 Å². The predicted molar refractivity (Wildman–Crippen MR) is 88.8 cm³/mol. The Hall–Kier alpha value is -2.75. The van der Waals surface area contributed by atoms with E-state index in [1.165, 1.54) is 6.20 Å². The molecule has 0 bridgehead atoms. The van der Waals surface area contributed by atoms with Crippen molar-refractivity contribution in [1.29, 1.82) is 0 Å². The molecule has 4 rings (SSSR count). The number of para-hydroxylation sites is 1. The lowest BCUT2D eigenvalue weighted by Gasteiger charge is -2.09. The van der Waals surface area contributed by atoms with Crippen LogP contribution in [0.4, 0.5) is 4.39 Å². The van der Waals surface area contributed by atoms with E-state index in [4.69, 9.17) is 4.42 Å². The van der Waals surface area contributed by atoms with Gasteiger partial charge in [-0.2, -0.15) is 0 Å². The Morgan fingerprint density at radius 3 is 2.70 bits per heavy atom. The van der Waals surface area contributed by atoms with Crippen LogP contribution in [0.3, 0.4) is 0 Å². The Kier molecular flexibility index (Phi) is 3.11. The van der Waals surface area contributed by atoms with Gasteiger partial charge in [-0.15, -0.1) is 0 Å². The molecule has 1 aromatic carbocycles. The molecule has 23 heavy (non-hydrogen) atoms. The molecule has 4 aromatic rings. The minimum atomic E-state index is -0.276. The summed E-state index contributed by atoms with van der Waals surface area (Å²) in [5, 5.41) is 1.96. The largest absolute Gasteiger partial charge is 0.437 e. The normalized spacial score (nSPS) is 11.7. The molecule has 0 saturated carbocycles. The first-order chi connectivity index (χ1) is 11.1. The third-order valence-electron chi connectivity index (χ3n) is 4.06. The average Bonchev–Trinajstić information content (AvgIpc) is 2.94. The molecule has 0 unspecified atom stereocenters. The number of hydrogen-bond donors (Lipinski definition) is 0. The van der Waals surface area contributed by atoms with Gasteiger partial charge in [-0.3, -0.25) is 4.98 Å². The van der Waals surface area contributed by atoms with Crippen molar-refractivity contribution in [3.8, 4) is 11.3 Å². The molecule has 0 N–H and O–H groups in total. The van der Waals surface area contributed by atoms with Crippen molar-refractivity contribution in [3.05, 3.63) is 60.2 Å². The maximum absolute atomic E-state index is 13.9. The number of nitrogens with zero attached hydrogens (tertiary/aromatic N) is 2. The molecule has 0 spiro atoms. The van der Waals surface area contributed by atoms with Crippen molar-refractivity contribution < 1.29 is 8.81 Å². The zero-order chi connectivity index (χ0) is 16.0. The highest BCUT2D eigenvalue weighted by Crippen LogP contribution is 2.35. The van der Waals surface area contributed by atoms with Crippen LogP contribution in [0.25, 0.3) is 33.3 Å². The Balaban J connectivity index is 2.01. The summed E-state index contributed by atoms with van der Waals surface area (Å²) in [5.41, 5.74) is 3.54. The second kappa shape index (κ2) is 5.16. The van der Waals surface area contributed by atoms with Gasteiger partial charge in [0.25, 0.3) is 0 Å². The summed E-state index contributed by atoms with van der Waals surface area (Å²) in [4.78, 5) is 8.52. The van der Waals surface area contributed by atoms with Crippen LogP contribution in [0.5, 0.6) is 0 Å². The summed E-state index contributed by atoms with van der Waals surface area (Å²) >= 11 is 0. The van der Waals surface area contributed by atoms with Crippen LogP contribution in [0, 0.1) is 5.82 Å². The van der Waals surface area contributed by atoms with E-state index < -0.39 is 0 Å². The second-order valence-electron chi connectivity index (χ2n) is 5.89. The molecule has 3 nitrogen and oxygen atoms in total. The molecule has 0 fully saturated rings. The minimum Gasteiger partial charge on any atom is -0.437 e. The van der Waals surface area contributed by atoms with E-state index in [1.807, 2.05) is 44.2 Å². The summed E-state index contributed by atoms with van der Waals surface area (Å²) in [6.07, 6.45) is 2.99. The first kappa shape index (κ1) is 13.9. The monoisotopic (exact) mass is 306 g/mol. The van der Waals surface area contributed by atoms with E-state index in [9.17, 15) is 4.39 Å². The average molecular weight is 306 g/mol. The van der Waals surface area contributed by atoms with Crippen molar-refractivity contribution >= 4 is 22.1 Å². The van der Waals surface area contributed by atoms with E-state index in [-0.39, 0.29) is 11.7 Å². The number of halogens is 1. The Bertz CT molecular complexity index is 1020. The van der Waals surface area contributed by atoms with E-state index in [1.54, 1.807) is 12.3 Å². The molecule has 0 saturated heterocycles. The fraction of sp³-hybridized carbons (Fsp3) is 0.158. The Labute approximate surface area is 132 Å². The first-order valence-electron chi connectivity index (χ1n) is 7.57. The second-order valence-corrected chi connectivity index (χ2v) is 5.89. The highest BCUT2D eigenvalue weighted by Gasteiger charge is 2.15. The van der Waals surface area contributed by atoms with Crippen molar-refractivity contribution in [2.24, 2.45) is 0 Å². The van der Waals surface area contributed by atoms with Gasteiger partial charge in [0.05, 0.1) is 11.9 Å². The van der Waals surface area contributed by atoms with E-state index in [0.717, 1.165) is 21.9 Å². The summed E-state index contributed by atoms with van der Waals surface area (Å²) in [6.45, 7) is 3.93. The minimum absolute atomic E-state index is 0.0910. The number of hydrogen-bond acceptors (Lipinski definition) is 3. The van der Waals surface area contributed by atoms with Crippen molar-refractivity contribution in [2.45, 2.75) is 19.8 Å². The van der Waals surface area contributed by atoms with Crippen molar-refractivity contribution in [1.82, 2.24) is 9.97 Å². The fourth-order valence-electron chi connectivity index (χ4n) is 2.88. The quantitative estimate of drug-likeness (QED) is 0.504. The van der Waals surface area contributed by atoms with Gasteiger partial charge >= 0.3 is 0 Å². The van der Waals surface area contributed by atoms with Gasteiger partial charge in [-0.1, -0.05) is 26.0 Å². The molecule has 0 amide bonds. The summed E-state index contributed by atoms with van der Waals surface area (Å²) in [7, 11) is 0. The molecule has 114 valence electrons. The number of fused-ring (bicyclic) bond motifs is 3. The number of furan rings is 1. The van der Waals surface area contributed by atoms with E-state index >= 15 is 0 Å². The lowest BCUT2D eigenvalue weighted by molar-refractivity contribution is 0.592. The molecule has 4 heteroatoms. The van der Waals surface area contributed by atoms with Gasteiger partial charge in [-0.25, -0.2) is 9.37 Å². The number of rotatable bonds is 2. The molecule has 0 aliphatic carbocycles. The van der Waals surface area contributed by atoms with Crippen LogP contribution in [-0.2, 0) is 0 Å². The van der Waals surface area contributed by atoms with Crippen LogP contribution in [0.1, 0.15) is 25.3 Å². The van der Waals surface area contributed by atoms with Gasteiger partial charge in [0.2, 0.25) is 5.71 Å². The summed E-state index contributed by atoms with van der Waals surface area (Å²) in [5.74, 6) is -0.185. The lowest BCUT2D eigenvalue weighted by atomic mass is 10.00. The van der Waals surface area contributed by atoms with E-state index in [0.29, 0.717) is 17.0 Å². The van der Waals surface area contributed by atoms with Gasteiger partial charge < -0.3 is 4.42 Å². The first-order valence-corrected chi connectivity index (χ1v) is 7.57. The lowest BCUT2D eigenvalue weighted by Crippen LogP contribution is -1.96. The summed E-state index contributed by atoms with van der Waals surface area (Å²) in [6, 6.07) is 11.6.